The number of piperazine rings is 1. The number of nitrogens with one attached hydrogen (secondary N) is 1. The molecule has 1 saturated heterocycles. The molecule has 0 unspecified atom stereocenters. The maximum atomic E-state index is 12.5. The lowest BCUT2D eigenvalue weighted by molar-refractivity contribution is -0.0258. The highest BCUT2D eigenvalue weighted by Gasteiger charge is 2.25. The van der Waals surface area contributed by atoms with Crippen LogP contribution in [0.2, 0.25) is 5.02 Å². The zero-order valence-corrected chi connectivity index (χ0v) is 20.6. The summed E-state index contributed by atoms with van der Waals surface area (Å²) in [4.78, 5) is 22.0. The Balaban J connectivity index is 1.43. The Morgan fingerprint density at radius 3 is 2.42 bits per heavy atom. The van der Waals surface area contributed by atoms with Crippen molar-refractivity contribution in [3.63, 3.8) is 0 Å². The Morgan fingerprint density at radius 2 is 1.76 bits per heavy atom. The average molecular weight is 495 g/mol. The first-order chi connectivity index (χ1) is 15.8. The number of amides is 1. The molecule has 0 aromatic heterocycles. The SMILES string of the molecule is CON(C)S(=O)(=O)c1cc(C(=O)NCCCN2CCN(Cc3ccccc3)CC2)ccc1Cl. The van der Waals surface area contributed by atoms with Crippen LogP contribution in [-0.4, -0.2) is 82.0 Å². The van der Waals surface area contributed by atoms with E-state index in [0.29, 0.717) is 11.0 Å². The number of rotatable bonds is 10. The zero-order valence-electron chi connectivity index (χ0n) is 19.0. The van der Waals surface area contributed by atoms with Crippen LogP contribution in [0.3, 0.4) is 0 Å². The largest absolute Gasteiger partial charge is 0.352 e. The maximum absolute atomic E-state index is 12.5. The van der Waals surface area contributed by atoms with Gasteiger partial charge in [0.05, 0.1) is 12.1 Å². The number of hydrogen-bond donors (Lipinski definition) is 1. The summed E-state index contributed by atoms with van der Waals surface area (Å²) in [6.07, 6.45) is 0.815. The number of sulfonamides is 1. The van der Waals surface area contributed by atoms with Gasteiger partial charge in [-0.05, 0) is 36.7 Å². The van der Waals surface area contributed by atoms with E-state index in [4.69, 9.17) is 16.4 Å². The van der Waals surface area contributed by atoms with Gasteiger partial charge in [-0.2, -0.15) is 0 Å². The van der Waals surface area contributed by atoms with Crippen molar-refractivity contribution in [1.29, 1.82) is 0 Å². The van der Waals surface area contributed by atoms with Gasteiger partial charge < -0.3 is 10.2 Å². The lowest BCUT2D eigenvalue weighted by Gasteiger charge is -2.34. The van der Waals surface area contributed by atoms with Gasteiger partial charge in [0.1, 0.15) is 4.90 Å². The fraction of sp³-hybridized carbons (Fsp3) is 0.435. The van der Waals surface area contributed by atoms with Gasteiger partial charge in [-0.3, -0.25) is 14.5 Å². The maximum Gasteiger partial charge on any atom is 0.266 e. The van der Waals surface area contributed by atoms with Gasteiger partial charge in [0.15, 0.2) is 0 Å². The minimum absolute atomic E-state index is 0.0295. The molecule has 33 heavy (non-hydrogen) atoms. The summed E-state index contributed by atoms with van der Waals surface area (Å²) in [5.41, 5.74) is 1.57. The second-order valence-corrected chi connectivity index (χ2v) is 10.3. The molecular weight excluding hydrogens is 464 g/mol. The number of benzene rings is 2. The number of halogens is 1. The smallest absolute Gasteiger partial charge is 0.266 e. The summed E-state index contributed by atoms with van der Waals surface area (Å²) in [5, 5.41) is 2.89. The predicted molar refractivity (Wildman–Crippen MR) is 129 cm³/mol. The van der Waals surface area contributed by atoms with Crippen LogP contribution in [0.5, 0.6) is 0 Å². The third-order valence-corrected chi connectivity index (χ3v) is 7.88. The molecular formula is C23H31ClN4O4S. The van der Waals surface area contributed by atoms with Crippen LogP contribution in [0.1, 0.15) is 22.3 Å². The first-order valence-electron chi connectivity index (χ1n) is 10.9. The summed E-state index contributed by atoms with van der Waals surface area (Å²) in [5.74, 6) is -0.337. The summed E-state index contributed by atoms with van der Waals surface area (Å²) in [7, 11) is -1.45. The van der Waals surface area contributed by atoms with Gasteiger partial charge in [-0.1, -0.05) is 46.4 Å². The van der Waals surface area contributed by atoms with Crippen LogP contribution in [-0.2, 0) is 21.4 Å². The van der Waals surface area contributed by atoms with Crippen molar-refractivity contribution in [2.75, 3.05) is 53.4 Å². The van der Waals surface area contributed by atoms with E-state index in [-0.39, 0.29) is 21.4 Å². The van der Waals surface area contributed by atoms with Crippen molar-refractivity contribution < 1.29 is 18.0 Å². The predicted octanol–water partition coefficient (Wildman–Crippen LogP) is 2.46. The lowest BCUT2D eigenvalue weighted by Crippen LogP contribution is -2.46. The number of carbonyl (C=O) groups excluding carboxylic acids is 1. The van der Waals surface area contributed by atoms with Crippen LogP contribution in [0.15, 0.2) is 53.4 Å². The third kappa shape index (κ3) is 6.99. The normalized spacial score (nSPS) is 15.6. The fourth-order valence-corrected chi connectivity index (χ4v) is 5.17. The molecule has 0 atom stereocenters. The second-order valence-electron chi connectivity index (χ2n) is 7.96. The molecule has 3 rings (SSSR count). The molecule has 1 N–H and O–H groups in total. The Bertz CT molecular complexity index is 1030. The van der Waals surface area contributed by atoms with E-state index in [9.17, 15) is 13.2 Å². The van der Waals surface area contributed by atoms with E-state index in [2.05, 4.69) is 39.4 Å². The van der Waals surface area contributed by atoms with Gasteiger partial charge in [0.25, 0.3) is 15.9 Å². The number of nitrogens with zero attached hydrogens (tertiary/aromatic N) is 3. The van der Waals surface area contributed by atoms with Gasteiger partial charge in [0.2, 0.25) is 0 Å². The highest BCUT2D eigenvalue weighted by Crippen LogP contribution is 2.25. The van der Waals surface area contributed by atoms with Crippen molar-refractivity contribution in [1.82, 2.24) is 19.6 Å². The van der Waals surface area contributed by atoms with Crippen molar-refractivity contribution >= 4 is 27.5 Å². The van der Waals surface area contributed by atoms with Crippen molar-refractivity contribution in [3.8, 4) is 0 Å². The fourth-order valence-electron chi connectivity index (χ4n) is 3.70. The van der Waals surface area contributed by atoms with E-state index < -0.39 is 10.0 Å². The molecule has 1 aliphatic rings. The monoisotopic (exact) mass is 494 g/mol. The molecule has 1 aliphatic heterocycles. The van der Waals surface area contributed by atoms with E-state index in [1.54, 1.807) is 0 Å². The number of hydroxylamine groups is 1. The van der Waals surface area contributed by atoms with Gasteiger partial charge in [0, 0.05) is 51.9 Å². The summed E-state index contributed by atoms with van der Waals surface area (Å²) in [6.45, 7) is 6.45. The molecule has 0 radical (unpaired) electrons. The first kappa shape index (κ1) is 25.6. The minimum Gasteiger partial charge on any atom is -0.352 e. The van der Waals surface area contributed by atoms with Gasteiger partial charge >= 0.3 is 0 Å². The Labute approximate surface area is 201 Å². The second kappa shape index (κ2) is 11.9. The molecule has 1 amide bonds. The van der Waals surface area contributed by atoms with Crippen molar-refractivity contribution in [3.05, 3.63) is 64.7 Å². The molecule has 2 aromatic carbocycles. The van der Waals surface area contributed by atoms with Crippen LogP contribution in [0.4, 0.5) is 0 Å². The summed E-state index contributed by atoms with van der Waals surface area (Å²) < 4.78 is 25.7. The summed E-state index contributed by atoms with van der Waals surface area (Å²) in [6, 6.07) is 14.7. The molecule has 0 aliphatic carbocycles. The minimum atomic E-state index is -3.95. The molecule has 180 valence electrons. The van der Waals surface area contributed by atoms with E-state index >= 15 is 0 Å². The van der Waals surface area contributed by atoms with E-state index in [1.165, 1.54) is 37.9 Å². The molecule has 8 nitrogen and oxygen atoms in total. The van der Waals surface area contributed by atoms with E-state index in [1.807, 2.05) is 6.07 Å². The van der Waals surface area contributed by atoms with Gasteiger partial charge in [-0.15, -0.1) is 0 Å². The van der Waals surface area contributed by atoms with Gasteiger partial charge in [-0.25, -0.2) is 8.42 Å². The molecule has 0 saturated carbocycles. The topological polar surface area (TPSA) is 82.2 Å². The van der Waals surface area contributed by atoms with Crippen LogP contribution >= 0.6 is 11.6 Å². The Kier molecular flexibility index (Phi) is 9.25. The average Bonchev–Trinajstić information content (AvgIpc) is 2.83. The van der Waals surface area contributed by atoms with Crippen molar-refractivity contribution in [2.45, 2.75) is 17.9 Å². The molecule has 10 heteroatoms. The van der Waals surface area contributed by atoms with Crippen LogP contribution < -0.4 is 5.32 Å². The molecule has 0 spiro atoms. The highest BCUT2D eigenvalue weighted by molar-refractivity contribution is 7.89. The lowest BCUT2D eigenvalue weighted by atomic mass is 10.2. The standard InChI is InChI=1S/C23H31ClN4O4S/c1-26(32-2)33(30,31)22-17-20(9-10-21(22)24)23(29)25-11-6-12-27-13-15-28(16-14-27)18-19-7-4-3-5-8-19/h3-5,7-10,17H,6,11-16,18H2,1-2H3,(H,25,29). The number of hydrogen-bond acceptors (Lipinski definition) is 6. The Morgan fingerprint density at radius 1 is 1.09 bits per heavy atom. The van der Waals surface area contributed by atoms with Crippen molar-refractivity contribution in [2.24, 2.45) is 0 Å². The van der Waals surface area contributed by atoms with E-state index in [0.717, 1.165) is 45.7 Å². The zero-order chi connectivity index (χ0) is 23.8. The molecule has 1 heterocycles. The van der Waals surface area contributed by atoms with Crippen LogP contribution in [0, 0.1) is 0 Å². The molecule has 1 fully saturated rings. The third-order valence-electron chi connectivity index (χ3n) is 5.72. The highest BCUT2D eigenvalue weighted by atomic mass is 35.5. The Hall–Kier alpha value is -2.01. The summed E-state index contributed by atoms with van der Waals surface area (Å²) >= 11 is 6.05. The molecule has 2 aromatic rings. The quantitative estimate of drug-likeness (QED) is 0.403. The number of carbonyl (C=O) groups is 1. The van der Waals surface area contributed by atoms with Crippen LogP contribution in [0.25, 0.3) is 0 Å². The first-order valence-corrected chi connectivity index (χ1v) is 12.7. The molecule has 0 bridgehead atoms.